The Morgan fingerprint density at radius 2 is 2.04 bits per heavy atom. The number of carbonyl (C=O) groups excluding carboxylic acids is 2. The van der Waals surface area contributed by atoms with Crippen molar-refractivity contribution in [1.82, 2.24) is 4.90 Å². The minimum Gasteiger partial charge on any atom is -0.508 e. The lowest BCUT2D eigenvalue weighted by atomic mass is 10.0. The number of nitrogens with zero attached hydrogens (tertiary/aromatic N) is 1. The second kappa shape index (κ2) is 8.68. The third kappa shape index (κ3) is 4.96. The van der Waals surface area contributed by atoms with E-state index in [2.05, 4.69) is 6.92 Å². The number of ether oxygens (including phenoxy) is 1. The van der Waals surface area contributed by atoms with E-state index in [1.165, 1.54) is 0 Å². The predicted octanol–water partition coefficient (Wildman–Crippen LogP) is 2.61. The number of phenolic OH excluding ortho intramolecular Hbond substituents is 1. The van der Waals surface area contributed by atoms with Crippen molar-refractivity contribution in [3.8, 4) is 5.75 Å². The van der Waals surface area contributed by atoms with Crippen LogP contribution in [0.15, 0.2) is 24.3 Å². The molecule has 0 saturated carbocycles. The number of imide groups is 1. The van der Waals surface area contributed by atoms with Crippen LogP contribution < -0.4 is 0 Å². The van der Waals surface area contributed by atoms with Crippen LogP contribution in [0.5, 0.6) is 5.75 Å². The van der Waals surface area contributed by atoms with E-state index < -0.39 is 18.1 Å². The van der Waals surface area contributed by atoms with Gasteiger partial charge in [0.05, 0.1) is 18.6 Å². The minimum absolute atomic E-state index is 0.0646. The molecule has 1 aliphatic heterocycles. The third-order valence-electron chi connectivity index (χ3n) is 4.19. The molecule has 6 nitrogen and oxygen atoms in total. The average molecular weight is 335 g/mol. The van der Waals surface area contributed by atoms with Gasteiger partial charge in [-0.05, 0) is 30.5 Å². The van der Waals surface area contributed by atoms with E-state index in [-0.39, 0.29) is 24.8 Å². The van der Waals surface area contributed by atoms with Gasteiger partial charge in [-0.25, -0.2) is 9.69 Å². The van der Waals surface area contributed by atoms with Crippen LogP contribution >= 0.6 is 0 Å². The Hall–Kier alpha value is -2.08. The van der Waals surface area contributed by atoms with Gasteiger partial charge in [-0.3, -0.25) is 4.79 Å². The Balaban J connectivity index is 1.93. The number of hydrogen-bond donors (Lipinski definition) is 2. The molecule has 0 unspecified atom stereocenters. The number of phenols is 1. The van der Waals surface area contributed by atoms with Crippen molar-refractivity contribution in [1.29, 1.82) is 0 Å². The zero-order chi connectivity index (χ0) is 17.5. The molecule has 0 aromatic heterocycles. The van der Waals surface area contributed by atoms with Gasteiger partial charge in [0.15, 0.2) is 0 Å². The van der Waals surface area contributed by atoms with Gasteiger partial charge >= 0.3 is 6.09 Å². The van der Waals surface area contributed by atoms with E-state index in [9.17, 15) is 19.8 Å². The summed E-state index contributed by atoms with van der Waals surface area (Å²) in [5.41, 5.74) is 0.900. The fourth-order valence-corrected chi connectivity index (χ4v) is 2.85. The van der Waals surface area contributed by atoms with Crippen molar-refractivity contribution >= 4 is 12.0 Å². The maximum Gasteiger partial charge on any atom is 0.416 e. The molecule has 2 amide bonds. The standard InChI is InChI=1S/C18H25NO5/c1-2-3-4-5-16(21)11-17(22)19-14(12-24-18(19)23)10-13-6-8-15(20)9-7-13/h6-9,14,16,20-21H,2-5,10-12H2,1H3/t14-,16+/m0/s1. The number of amides is 2. The molecule has 0 aliphatic carbocycles. The molecule has 24 heavy (non-hydrogen) atoms. The van der Waals surface area contributed by atoms with Crippen molar-refractivity contribution in [2.75, 3.05) is 6.61 Å². The maximum absolute atomic E-state index is 12.4. The molecule has 1 fully saturated rings. The molecule has 1 saturated heterocycles. The van der Waals surface area contributed by atoms with Gasteiger partial charge in [0.2, 0.25) is 5.91 Å². The Bertz CT molecular complexity index is 557. The quantitative estimate of drug-likeness (QED) is 0.713. The maximum atomic E-state index is 12.4. The van der Waals surface area contributed by atoms with Gasteiger partial charge < -0.3 is 14.9 Å². The van der Waals surface area contributed by atoms with E-state index in [0.29, 0.717) is 12.8 Å². The second-order valence-corrected chi connectivity index (χ2v) is 6.22. The number of aliphatic hydroxyl groups is 1. The molecule has 2 atom stereocenters. The van der Waals surface area contributed by atoms with E-state index in [1.807, 2.05) is 0 Å². The summed E-state index contributed by atoms with van der Waals surface area (Å²) in [7, 11) is 0. The summed E-state index contributed by atoms with van der Waals surface area (Å²) in [5, 5.41) is 19.3. The second-order valence-electron chi connectivity index (χ2n) is 6.22. The van der Waals surface area contributed by atoms with Crippen molar-refractivity contribution in [2.24, 2.45) is 0 Å². The molecule has 1 aromatic carbocycles. The number of cyclic esters (lactones) is 1. The SMILES string of the molecule is CCCCC[C@@H](O)CC(=O)N1C(=O)OC[C@@H]1Cc1ccc(O)cc1. The summed E-state index contributed by atoms with van der Waals surface area (Å²) in [6.45, 7) is 2.23. The lowest BCUT2D eigenvalue weighted by Crippen LogP contribution is -2.41. The molecule has 1 heterocycles. The third-order valence-corrected chi connectivity index (χ3v) is 4.19. The van der Waals surface area contributed by atoms with Crippen LogP contribution in [0.3, 0.4) is 0 Å². The summed E-state index contributed by atoms with van der Waals surface area (Å²) in [6.07, 6.45) is 2.51. The zero-order valence-corrected chi connectivity index (χ0v) is 14.0. The van der Waals surface area contributed by atoms with E-state index in [1.54, 1.807) is 24.3 Å². The molecule has 6 heteroatoms. The molecule has 1 aromatic rings. The molecule has 2 rings (SSSR count). The Kier molecular flexibility index (Phi) is 6.61. The molecular weight excluding hydrogens is 310 g/mol. The van der Waals surface area contributed by atoms with Crippen LogP contribution in [0.1, 0.15) is 44.6 Å². The summed E-state index contributed by atoms with van der Waals surface area (Å²) < 4.78 is 5.01. The molecule has 1 aliphatic rings. The Labute approximate surface area is 142 Å². The fourth-order valence-electron chi connectivity index (χ4n) is 2.85. The van der Waals surface area contributed by atoms with Gasteiger partial charge in [-0.2, -0.15) is 0 Å². The first-order valence-electron chi connectivity index (χ1n) is 8.46. The van der Waals surface area contributed by atoms with Crippen molar-refractivity contribution in [3.63, 3.8) is 0 Å². The van der Waals surface area contributed by atoms with Crippen LogP contribution in [0, 0.1) is 0 Å². The zero-order valence-electron chi connectivity index (χ0n) is 14.0. The monoisotopic (exact) mass is 335 g/mol. The lowest BCUT2D eigenvalue weighted by Gasteiger charge is -2.21. The largest absolute Gasteiger partial charge is 0.508 e. The van der Waals surface area contributed by atoms with Gasteiger partial charge in [-0.1, -0.05) is 38.3 Å². The highest BCUT2D eigenvalue weighted by atomic mass is 16.6. The van der Waals surface area contributed by atoms with Gasteiger partial charge in [-0.15, -0.1) is 0 Å². The number of unbranched alkanes of at least 4 members (excludes halogenated alkanes) is 2. The number of carbonyl (C=O) groups is 2. The van der Waals surface area contributed by atoms with Gasteiger partial charge in [0, 0.05) is 0 Å². The van der Waals surface area contributed by atoms with Gasteiger partial charge in [0.25, 0.3) is 0 Å². The first-order chi connectivity index (χ1) is 11.5. The van der Waals surface area contributed by atoms with E-state index in [0.717, 1.165) is 29.7 Å². The molecule has 0 spiro atoms. The molecular formula is C18H25NO5. The summed E-state index contributed by atoms with van der Waals surface area (Å²) in [5.74, 6) is -0.231. The summed E-state index contributed by atoms with van der Waals surface area (Å²) >= 11 is 0. The normalized spacial score (nSPS) is 18.5. The molecule has 132 valence electrons. The number of aromatic hydroxyl groups is 1. The highest BCUT2D eigenvalue weighted by Gasteiger charge is 2.38. The number of benzene rings is 1. The van der Waals surface area contributed by atoms with Crippen LogP contribution in [0.2, 0.25) is 0 Å². The van der Waals surface area contributed by atoms with Crippen LogP contribution in [-0.4, -0.2) is 45.9 Å². The number of rotatable bonds is 8. The van der Waals surface area contributed by atoms with Gasteiger partial charge in [0.1, 0.15) is 12.4 Å². The minimum atomic E-state index is -0.730. The van der Waals surface area contributed by atoms with Crippen molar-refractivity contribution < 1.29 is 24.5 Å². The van der Waals surface area contributed by atoms with Crippen LogP contribution in [0.4, 0.5) is 4.79 Å². The first kappa shape index (κ1) is 18.3. The lowest BCUT2D eigenvalue weighted by molar-refractivity contribution is -0.131. The van der Waals surface area contributed by atoms with Crippen LogP contribution in [-0.2, 0) is 16.0 Å². The fraction of sp³-hybridized carbons (Fsp3) is 0.556. The summed E-state index contributed by atoms with van der Waals surface area (Å²) in [4.78, 5) is 25.4. The topological polar surface area (TPSA) is 87.1 Å². The van der Waals surface area contributed by atoms with Crippen molar-refractivity contribution in [3.05, 3.63) is 29.8 Å². The van der Waals surface area contributed by atoms with Crippen molar-refractivity contribution in [2.45, 2.75) is 57.6 Å². The average Bonchev–Trinajstić information content (AvgIpc) is 2.90. The smallest absolute Gasteiger partial charge is 0.416 e. The molecule has 0 bridgehead atoms. The Morgan fingerprint density at radius 1 is 1.33 bits per heavy atom. The molecule has 0 radical (unpaired) electrons. The highest BCUT2D eigenvalue weighted by Crippen LogP contribution is 2.21. The Morgan fingerprint density at radius 3 is 2.71 bits per heavy atom. The first-order valence-corrected chi connectivity index (χ1v) is 8.46. The van der Waals surface area contributed by atoms with Crippen LogP contribution in [0.25, 0.3) is 0 Å². The molecule has 2 N–H and O–H groups in total. The summed E-state index contributed by atoms with van der Waals surface area (Å²) in [6, 6.07) is 6.26. The highest BCUT2D eigenvalue weighted by molar-refractivity contribution is 5.93. The predicted molar refractivity (Wildman–Crippen MR) is 88.6 cm³/mol. The van der Waals surface area contributed by atoms with E-state index >= 15 is 0 Å². The number of hydrogen-bond acceptors (Lipinski definition) is 5. The number of aliphatic hydroxyl groups excluding tert-OH is 1. The van der Waals surface area contributed by atoms with E-state index in [4.69, 9.17) is 4.74 Å².